The second kappa shape index (κ2) is 10.3. The van der Waals surface area contributed by atoms with Gasteiger partial charge in [0.1, 0.15) is 11.5 Å². The Bertz CT molecular complexity index is 1270. The lowest BCUT2D eigenvalue weighted by Crippen LogP contribution is -2.45. The Kier molecular flexibility index (Phi) is 7.20. The van der Waals surface area contributed by atoms with Crippen molar-refractivity contribution in [1.29, 1.82) is 0 Å². The first-order valence-corrected chi connectivity index (χ1v) is 11.9. The third-order valence-electron chi connectivity index (χ3n) is 6.95. The van der Waals surface area contributed by atoms with Gasteiger partial charge in [-0.2, -0.15) is 0 Å². The quantitative estimate of drug-likeness (QED) is 0.472. The first-order chi connectivity index (χ1) is 17.3. The molecule has 0 bridgehead atoms. The molecule has 1 aliphatic heterocycles. The van der Waals surface area contributed by atoms with E-state index in [4.69, 9.17) is 9.47 Å². The van der Waals surface area contributed by atoms with Gasteiger partial charge in [0.2, 0.25) is 0 Å². The van der Waals surface area contributed by atoms with Gasteiger partial charge in [0, 0.05) is 43.9 Å². The molecule has 186 valence electrons. The van der Waals surface area contributed by atoms with Crippen molar-refractivity contribution in [2.75, 3.05) is 20.2 Å². The predicted octanol–water partition coefficient (Wildman–Crippen LogP) is 4.24. The number of piperidine rings is 1. The molecule has 2 heterocycles. The average Bonchev–Trinajstić information content (AvgIpc) is 2.86. The zero-order valence-corrected chi connectivity index (χ0v) is 21.0. The van der Waals surface area contributed by atoms with E-state index in [-0.39, 0.29) is 11.7 Å². The van der Waals surface area contributed by atoms with E-state index in [0.717, 1.165) is 22.3 Å². The van der Waals surface area contributed by atoms with Gasteiger partial charge in [0.25, 0.3) is 5.91 Å². The Balaban J connectivity index is 1.65. The van der Waals surface area contributed by atoms with Gasteiger partial charge in [-0.15, -0.1) is 5.92 Å². The maximum absolute atomic E-state index is 13.7. The molecule has 0 N–H and O–H groups in total. The molecule has 2 aliphatic rings. The van der Waals surface area contributed by atoms with E-state index in [1.165, 1.54) is 25.7 Å². The molecule has 8 nitrogen and oxygen atoms in total. The average molecular weight is 488 g/mol. The van der Waals surface area contributed by atoms with Crippen molar-refractivity contribution in [2.45, 2.75) is 46.5 Å². The van der Waals surface area contributed by atoms with Crippen LogP contribution in [0, 0.1) is 31.1 Å². The summed E-state index contributed by atoms with van der Waals surface area (Å²) in [5.41, 5.74) is 3.74. The second-order valence-electron chi connectivity index (χ2n) is 9.37. The van der Waals surface area contributed by atoms with E-state index in [1.54, 1.807) is 11.8 Å². The summed E-state index contributed by atoms with van der Waals surface area (Å²) in [7, 11) is 1.24. The molecule has 1 spiro atoms. The third-order valence-corrected chi connectivity index (χ3v) is 6.95. The lowest BCUT2D eigenvalue weighted by atomic mass is 9.66. The minimum absolute atomic E-state index is 0.0746. The zero-order chi connectivity index (χ0) is 25.9. The van der Waals surface area contributed by atoms with E-state index in [2.05, 4.69) is 21.8 Å². The summed E-state index contributed by atoms with van der Waals surface area (Å²) in [5, 5.41) is 0. The smallest absolute Gasteiger partial charge is 0.437 e. The summed E-state index contributed by atoms with van der Waals surface area (Å²) in [6.07, 6.45) is 5.56. The van der Waals surface area contributed by atoms with Crippen LogP contribution in [0.4, 0.5) is 4.79 Å². The Morgan fingerprint density at radius 2 is 1.78 bits per heavy atom. The molecular formula is C28H29N3O5. The highest BCUT2D eigenvalue weighted by atomic mass is 16.7. The number of likely N-dealkylation sites (tertiary alicyclic amines) is 1. The summed E-state index contributed by atoms with van der Waals surface area (Å²) >= 11 is 0. The number of benzene rings is 1. The van der Waals surface area contributed by atoms with E-state index < -0.39 is 11.6 Å². The van der Waals surface area contributed by atoms with Crippen LogP contribution in [0.3, 0.4) is 0 Å². The van der Waals surface area contributed by atoms with Crippen LogP contribution in [0.5, 0.6) is 0 Å². The Morgan fingerprint density at radius 3 is 2.36 bits per heavy atom. The number of aryl methyl sites for hydroxylation is 2. The highest BCUT2D eigenvalue weighted by Gasteiger charge is 2.45. The zero-order valence-electron chi connectivity index (χ0n) is 21.0. The topological polar surface area (TPSA) is 98.7 Å². The van der Waals surface area contributed by atoms with Gasteiger partial charge in [-0.25, -0.2) is 9.78 Å². The van der Waals surface area contributed by atoms with Crippen molar-refractivity contribution in [3.05, 3.63) is 64.4 Å². The summed E-state index contributed by atoms with van der Waals surface area (Å²) in [5.74, 6) is 6.03. The molecule has 1 fully saturated rings. The van der Waals surface area contributed by atoms with Crippen molar-refractivity contribution in [3.63, 3.8) is 0 Å². The molecule has 0 saturated carbocycles. The number of amides is 1. The summed E-state index contributed by atoms with van der Waals surface area (Å²) in [6, 6.07) is 3.88. The van der Waals surface area contributed by atoms with E-state index in [0.29, 0.717) is 55.8 Å². The fourth-order valence-electron chi connectivity index (χ4n) is 5.27. The van der Waals surface area contributed by atoms with Crippen LogP contribution < -0.4 is 0 Å². The highest BCUT2D eigenvalue weighted by molar-refractivity contribution is 6.23. The number of rotatable bonds is 3. The fourth-order valence-corrected chi connectivity index (χ4v) is 5.27. The molecule has 0 unspecified atom stereocenters. The number of allylic oxidation sites excluding steroid dienone is 2. The van der Waals surface area contributed by atoms with Gasteiger partial charge in [-0.1, -0.05) is 5.92 Å². The number of hydrogen-bond donors (Lipinski definition) is 0. The molecule has 0 radical (unpaired) electrons. The summed E-state index contributed by atoms with van der Waals surface area (Å²) in [6.45, 7) is 6.60. The van der Waals surface area contributed by atoms with Crippen LogP contribution >= 0.6 is 0 Å². The number of carbonyl (C=O) groups excluding carboxylic acids is 3. The Labute approximate surface area is 210 Å². The third kappa shape index (κ3) is 5.01. The van der Waals surface area contributed by atoms with Crippen LogP contribution in [0.1, 0.15) is 65.3 Å². The van der Waals surface area contributed by atoms with Gasteiger partial charge in [0.15, 0.2) is 5.78 Å². The molecule has 1 aromatic carbocycles. The highest BCUT2D eigenvalue weighted by Crippen LogP contribution is 2.48. The minimum Gasteiger partial charge on any atom is -0.437 e. The molecule has 1 saturated heterocycles. The van der Waals surface area contributed by atoms with Crippen LogP contribution in [0.15, 0.2) is 36.5 Å². The number of nitrogens with zero attached hydrogens (tertiary/aromatic N) is 3. The van der Waals surface area contributed by atoms with Crippen molar-refractivity contribution in [2.24, 2.45) is 5.41 Å². The van der Waals surface area contributed by atoms with Gasteiger partial charge in [0.05, 0.1) is 18.9 Å². The first kappa shape index (κ1) is 25.1. The standard InChI is InChI=1S/C28H29N3O5/c1-5-6-20-13-18(2)24(19(3)14-20)25-22(32)15-28(16-23(25)36-27(34)35-4)7-11-31(12-8-28)26(33)21-17-29-9-10-30-21/h9-10,13-14,17H,7-8,11-12,15-16H2,1-4H3. The maximum Gasteiger partial charge on any atom is 0.513 e. The van der Waals surface area contributed by atoms with E-state index in [9.17, 15) is 14.4 Å². The van der Waals surface area contributed by atoms with E-state index in [1.807, 2.05) is 26.0 Å². The monoisotopic (exact) mass is 487 g/mol. The second-order valence-corrected chi connectivity index (χ2v) is 9.37. The predicted molar refractivity (Wildman–Crippen MR) is 133 cm³/mol. The van der Waals surface area contributed by atoms with Crippen LogP contribution in [0.2, 0.25) is 0 Å². The normalized spacial score (nSPS) is 16.9. The lowest BCUT2D eigenvalue weighted by molar-refractivity contribution is -0.117. The molecule has 1 aliphatic carbocycles. The molecule has 2 aromatic rings. The van der Waals surface area contributed by atoms with Crippen molar-refractivity contribution in [1.82, 2.24) is 14.9 Å². The largest absolute Gasteiger partial charge is 0.513 e. The summed E-state index contributed by atoms with van der Waals surface area (Å²) in [4.78, 5) is 48.5. The SMILES string of the molecule is CC#Cc1cc(C)c(C2=C(OC(=O)OC)CC3(CCN(C(=O)c4cnccn4)CC3)CC2=O)c(C)c1. The van der Waals surface area contributed by atoms with Gasteiger partial charge in [-0.3, -0.25) is 14.6 Å². The fraction of sp³-hybridized carbons (Fsp3) is 0.393. The first-order valence-electron chi connectivity index (χ1n) is 11.9. The number of ketones is 1. The number of aromatic nitrogens is 2. The van der Waals surface area contributed by atoms with Crippen LogP contribution in [0.25, 0.3) is 5.57 Å². The maximum atomic E-state index is 13.7. The molecule has 0 atom stereocenters. The summed E-state index contributed by atoms with van der Waals surface area (Å²) < 4.78 is 10.4. The van der Waals surface area contributed by atoms with Crippen molar-refractivity contribution < 1.29 is 23.9 Å². The minimum atomic E-state index is -0.855. The molecule has 1 amide bonds. The van der Waals surface area contributed by atoms with Crippen molar-refractivity contribution in [3.8, 4) is 11.8 Å². The van der Waals surface area contributed by atoms with Crippen molar-refractivity contribution >= 4 is 23.4 Å². The molecular weight excluding hydrogens is 458 g/mol. The van der Waals surface area contributed by atoms with Gasteiger partial charge >= 0.3 is 6.16 Å². The number of carbonyl (C=O) groups is 3. The Morgan fingerprint density at radius 1 is 1.08 bits per heavy atom. The molecule has 8 heteroatoms. The Hall–Kier alpha value is -3.99. The molecule has 1 aromatic heterocycles. The molecule has 36 heavy (non-hydrogen) atoms. The van der Waals surface area contributed by atoms with E-state index >= 15 is 0 Å². The number of Topliss-reactive ketones (excluding diaryl/α,β-unsaturated/α-hetero) is 1. The van der Waals surface area contributed by atoms with Gasteiger partial charge in [-0.05, 0) is 67.9 Å². The van der Waals surface area contributed by atoms with Crippen LogP contribution in [-0.4, -0.2) is 52.9 Å². The number of methoxy groups -OCH3 is 1. The number of ether oxygens (including phenoxy) is 2. The lowest BCUT2D eigenvalue weighted by Gasteiger charge is -2.44. The van der Waals surface area contributed by atoms with Crippen LogP contribution in [-0.2, 0) is 14.3 Å². The number of hydrogen-bond acceptors (Lipinski definition) is 7. The molecule has 4 rings (SSSR count). The van der Waals surface area contributed by atoms with Gasteiger partial charge < -0.3 is 14.4 Å².